The van der Waals surface area contributed by atoms with Crippen LogP contribution in [-0.2, 0) is 11.4 Å². The van der Waals surface area contributed by atoms with Crippen molar-refractivity contribution in [3.05, 3.63) is 88.4 Å². The Kier molecular flexibility index (Phi) is 6.51. The van der Waals surface area contributed by atoms with E-state index >= 15 is 0 Å². The predicted octanol–water partition coefficient (Wildman–Crippen LogP) is 4.85. The summed E-state index contributed by atoms with van der Waals surface area (Å²) in [4.78, 5) is 25.9. The number of nitriles is 1. The van der Waals surface area contributed by atoms with Crippen LogP contribution in [0.25, 0.3) is 11.8 Å². The molecule has 34 heavy (non-hydrogen) atoms. The number of aryl methyl sites for hydroxylation is 1. The van der Waals surface area contributed by atoms with E-state index in [-0.39, 0.29) is 11.9 Å². The maximum absolute atomic E-state index is 12.6. The summed E-state index contributed by atoms with van der Waals surface area (Å²) < 4.78 is 7.97. The fourth-order valence-corrected chi connectivity index (χ4v) is 4.09. The summed E-state index contributed by atoms with van der Waals surface area (Å²) in [5, 5.41) is 11.9. The first-order valence-electron chi connectivity index (χ1n) is 11.2. The lowest BCUT2D eigenvalue weighted by Gasteiger charge is -2.12. The van der Waals surface area contributed by atoms with Crippen molar-refractivity contribution < 1.29 is 14.3 Å². The molecule has 0 atom stereocenters. The van der Waals surface area contributed by atoms with Gasteiger partial charge < -0.3 is 14.6 Å². The molecule has 7 heteroatoms. The van der Waals surface area contributed by atoms with Gasteiger partial charge in [0.05, 0.1) is 11.6 Å². The Bertz CT molecular complexity index is 1310. The summed E-state index contributed by atoms with van der Waals surface area (Å²) in [5.74, 6) is 0.410. The van der Waals surface area contributed by atoms with E-state index in [4.69, 9.17) is 4.74 Å². The molecule has 0 unspecified atom stereocenters. The molecule has 0 aliphatic carbocycles. The van der Waals surface area contributed by atoms with Crippen LogP contribution in [0, 0.1) is 25.2 Å². The van der Waals surface area contributed by atoms with Crippen molar-refractivity contribution in [2.75, 3.05) is 6.54 Å². The SMILES string of the molecule is CCCN1C(=O)N/C(=C/c2cc(C)n(-c3ccc(OCc4ccccc4C#N)cc3)c2C)C1=O. The summed E-state index contributed by atoms with van der Waals surface area (Å²) in [7, 11) is 0. The van der Waals surface area contributed by atoms with Gasteiger partial charge in [-0.1, -0.05) is 25.1 Å². The third kappa shape index (κ3) is 4.44. The third-order valence-electron chi connectivity index (χ3n) is 5.81. The number of nitrogens with zero attached hydrogens (tertiary/aromatic N) is 3. The van der Waals surface area contributed by atoms with E-state index in [1.807, 2.05) is 69.3 Å². The first-order valence-corrected chi connectivity index (χ1v) is 11.2. The molecule has 1 N–H and O–H groups in total. The molecule has 7 nitrogen and oxygen atoms in total. The lowest BCUT2D eigenvalue weighted by atomic mass is 10.1. The minimum absolute atomic E-state index is 0.292. The van der Waals surface area contributed by atoms with E-state index in [2.05, 4.69) is 16.0 Å². The Morgan fingerprint density at radius 3 is 2.53 bits per heavy atom. The van der Waals surface area contributed by atoms with Crippen LogP contribution in [-0.4, -0.2) is 28.0 Å². The molecule has 172 valence electrons. The van der Waals surface area contributed by atoms with Crippen molar-refractivity contribution in [2.24, 2.45) is 0 Å². The number of imide groups is 1. The summed E-state index contributed by atoms with van der Waals surface area (Å²) in [6.07, 6.45) is 2.45. The molecule has 1 fully saturated rings. The number of rotatable bonds is 7. The number of hydrogen-bond donors (Lipinski definition) is 1. The van der Waals surface area contributed by atoms with Crippen LogP contribution in [0.4, 0.5) is 4.79 Å². The first kappa shape index (κ1) is 22.9. The molecule has 1 aliphatic rings. The minimum Gasteiger partial charge on any atom is -0.489 e. The zero-order chi connectivity index (χ0) is 24.2. The normalized spacial score (nSPS) is 14.4. The van der Waals surface area contributed by atoms with Crippen LogP contribution in [0.5, 0.6) is 5.75 Å². The molecule has 3 aromatic rings. The molecule has 0 spiro atoms. The maximum atomic E-state index is 12.6. The quantitative estimate of drug-likeness (QED) is 0.408. The Morgan fingerprint density at radius 1 is 1.09 bits per heavy atom. The molecule has 2 heterocycles. The molecule has 1 aliphatic heterocycles. The molecule has 2 aromatic carbocycles. The van der Waals surface area contributed by atoms with Gasteiger partial charge in [-0.3, -0.25) is 9.69 Å². The van der Waals surface area contributed by atoms with Gasteiger partial charge in [-0.05, 0) is 68.3 Å². The predicted molar refractivity (Wildman–Crippen MR) is 129 cm³/mol. The van der Waals surface area contributed by atoms with E-state index in [0.29, 0.717) is 36.6 Å². The van der Waals surface area contributed by atoms with Crippen molar-refractivity contribution >= 4 is 18.0 Å². The molecule has 0 bridgehead atoms. The zero-order valence-electron chi connectivity index (χ0n) is 19.5. The molecule has 3 amide bonds. The van der Waals surface area contributed by atoms with Crippen molar-refractivity contribution in [1.29, 1.82) is 5.26 Å². The summed E-state index contributed by atoms with van der Waals surface area (Å²) in [6, 6.07) is 18.9. The molecule has 1 aromatic heterocycles. The molecular formula is C27H26N4O3. The molecule has 0 radical (unpaired) electrons. The monoisotopic (exact) mass is 454 g/mol. The lowest BCUT2D eigenvalue weighted by Crippen LogP contribution is -2.31. The van der Waals surface area contributed by atoms with Crippen LogP contribution in [0.1, 0.15) is 41.4 Å². The highest BCUT2D eigenvalue weighted by atomic mass is 16.5. The summed E-state index contributed by atoms with van der Waals surface area (Å²) in [5.41, 5.74) is 5.52. The van der Waals surface area contributed by atoms with Crippen molar-refractivity contribution in [2.45, 2.75) is 33.8 Å². The zero-order valence-corrected chi connectivity index (χ0v) is 19.5. The fourth-order valence-electron chi connectivity index (χ4n) is 4.09. The second kappa shape index (κ2) is 9.67. The van der Waals surface area contributed by atoms with Crippen LogP contribution in [0.2, 0.25) is 0 Å². The van der Waals surface area contributed by atoms with Gasteiger partial charge in [-0.2, -0.15) is 5.26 Å². The third-order valence-corrected chi connectivity index (χ3v) is 5.81. The van der Waals surface area contributed by atoms with E-state index in [0.717, 1.165) is 28.2 Å². The molecule has 1 saturated heterocycles. The van der Waals surface area contributed by atoms with E-state index < -0.39 is 0 Å². The van der Waals surface area contributed by atoms with Crippen LogP contribution in [0.3, 0.4) is 0 Å². The Labute approximate surface area is 198 Å². The average Bonchev–Trinajstić information content (AvgIpc) is 3.27. The Balaban J connectivity index is 1.53. The number of nitrogens with one attached hydrogen (secondary N) is 1. The highest BCUT2D eigenvalue weighted by Crippen LogP contribution is 2.25. The average molecular weight is 455 g/mol. The van der Waals surface area contributed by atoms with Gasteiger partial charge in [-0.25, -0.2) is 4.79 Å². The van der Waals surface area contributed by atoms with Crippen molar-refractivity contribution in [1.82, 2.24) is 14.8 Å². The van der Waals surface area contributed by atoms with Gasteiger partial charge in [0, 0.05) is 29.2 Å². The smallest absolute Gasteiger partial charge is 0.329 e. The standard InChI is InChI=1S/C27H26N4O3/c1-4-13-30-26(32)25(29-27(30)33)15-22-14-18(2)31(19(22)3)23-9-11-24(12-10-23)34-17-21-8-6-5-7-20(21)16-28/h5-12,14-15H,4,13,17H2,1-3H3,(H,29,33)/b25-15+. The van der Waals surface area contributed by atoms with E-state index in [1.54, 1.807) is 12.1 Å². The number of aromatic nitrogens is 1. The second-order valence-corrected chi connectivity index (χ2v) is 8.16. The highest BCUT2D eigenvalue weighted by molar-refractivity contribution is 6.14. The van der Waals surface area contributed by atoms with Gasteiger partial charge in [0.15, 0.2) is 0 Å². The van der Waals surface area contributed by atoms with Gasteiger partial charge in [-0.15, -0.1) is 0 Å². The molecule has 0 saturated carbocycles. The minimum atomic E-state index is -0.375. The number of amides is 3. The lowest BCUT2D eigenvalue weighted by molar-refractivity contribution is -0.122. The van der Waals surface area contributed by atoms with Crippen LogP contribution >= 0.6 is 0 Å². The summed E-state index contributed by atoms with van der Waals surface area (Å²) in [6.45, 7) is 6.62. The number of benzene rings is 2. The van der Waals surface area contributed by atoms with Gasteiger partial charge in [0.25, 0.3) is 5.91 Å². The molecule has 4 rings (SSSR count). The number of carbonyl (C=O) groups excluding carboxylic acids is 2. The number of urea groups is 1. The summed E-state index contributed by atoms with van der Waals surface area (Å²) >= 11 is 0. The van der Waals surface area contributed by atoms with E-state index in [1.165, 1.54) is 4.90 Å². The number of ether oxygens (including phenoxy) is 1. The van der Waals surface area contributed by atoms with Crippen molar-refractivity contribution in [3.63, 3.8) is 0 Å². The Hall–Kier alpha value is -4.31. The highest BCUT2D eigenvalue weighted by Gasteiger charge is 2.32. The maximum Gasteiger partial charge on any atom is 0.329 e. The number of hydrogen-bond acceptors (Lipinski definition) is 4. The van der Waals surface area contributed by atoms with Gasteiger partial charge in [0.2, 0.25) is 0 Å². The Morgan fingerprint density at radius 2 is 1.82 bits per heavy atom. The van der Waals surface area contributed by atoms with Crippen molar-refractivity contribution in [3.8, 4) is 17.5 Å². The largest absolute Gasteiger partial charge is 0.489 e. The van der Waals surface area contributed by atoms with Crippen LogP contribution < -0.4 is 10.1 Å². The number of carbonyl (C=O) groups is 2. The van der Waals surface area contributed by atoms with Crippen LogP contribution in [0.15, 0.2) is 60.3 Å². The van der Waals surface area contributed by atoms with E-state index in [9.17, 15) is 14.9 Å². The first-order chi connectivity index (χ1) is 16.4. The molecular weight excluding hydrogens is 428 g/mol. The topological polar surface area (TPSA) is 87.4 Å². The second-order valence-electron chi connectivity index (χ2n) is 8.16. The van der Waals surface area contributed by atoms with Gasteiger partial charge >= 0.3 is 6.03 Å². The fraction of sp³-hybridized carbons (Fsp3) is 0.222. The van der Waals surface area contributed by atoms with Gasteiger partial charge in [0.1, 0.15) is 18.1 Å².